The van der Waals surface area contributed by atoms with E-state index in [0.717, 1.165) is 17.7 Å². The Kier molecular flexibility index (Phi) is 4.75. The van der Waals surface area contributed by atoms with Gasteiger partial charge in [-0.3, -0.25) is 0 Å². The number of thiophene rings is 1. The Morgan fingerprint density at radius 2 is 2.24 bits per heavy atom. The molecule has 0 spiro atoms. The SMILES string of the molecule is CC(C)=CCCC(C)c1cc(C(=O)O)c(N)s1. The van der Waals surface area contributed by atoms with Crippen molar-refractivity contribution in [2.24, 2.45) is 0 Å². The lowest BCUT2D eigenvalue weighted by Crippen LogP contribution is -1.97. The Hall–Kier alpha value is -1.29. The van der Waals surface area contributed by atoms with E-state index in [4.69, 9.17) is 10.8 Å². The Morgan fingerprint density at radius 1 is 1.59 bits per heavy atom. The second-order valence-corrected chi connectivity index (χ2v) is 5.61. The Labute approximate surface area is 106 Å². The zero-order valence-electron chi connectivity index (χ0n) is 10.5. The quantitative estimate of drug-likeness (QED) is 0.783. The Balaban J connectivity index is 2.69. The van der Waals surface area contributed by atoms with Crippen molar-refractivity contribution in [3.05, 3.63) is 28.2 Å². The van der Waals surface area contributed by atoms with Crippen LogP contribution >= 0.6 is 11.3 Å². The Morgan fingerprint density at radius 3 is 2.71 bits per heavy atom. The summed E-state index contributed by atoms with van der Waals surface area (Å²) in [5, 5.41) is 9.33. The van der Waals surface area contributed by atoms with Crippen LogP contribution in [0.3, 0.4) is 0 Å². The maximum absolute atomic E-state index is 10.9. The second kappa shape index (κ2) is 5.87. The summed E-state index contributed by atoms with van der Waals surface area (Å²) in [5.74, 6) is -0.590. The molecule has 0 aliphatic carbocycles. The van der Waals surface area contributed by atoms with E-state index >= 15 is 0 Å². The lowest BCUT2D eigenvalue weighted by Gasteiger charge is -2.06. The summed E-state index contributed by atoms with van der Waals surface area (Å²) in [5.41, 5.74) is 7.23. The normalized spacial score (nSPS) is 12.2. The third-order valence-electron chi connectivity index (χ3n) is 2.65. The molecule has 3 nitrogen and oxygen atoms in total. The van der Waals surface area contributed by atoms with E-state index in [-0.39, 0.29) is 5.56 Å². The van der Waals surface area contributed by atoms with E-state index in [1.807, 2.05) is 0 Å². The molecule has 0 fully saturated rings. The summed E-state index contributed by atoms with van der Waals surface area (Å²) in [6.45, 7) is 6.27. The molecule has 94 valence electrons. The van der Waals surface area contributed by atoms with Crippen LogP contribution < -0.4 is 5.73 Å². The minimum absolute atomic E-state index is 0.235. The van der Waals surface area contributed by atoms with Crippen LogP contribution in [0.15, 0.2) is 17.7 Å². The fourth-order valence-electron chi connectivity index (χ4n) is 1.60. The van der Waals surface area contributed by atoms with Gasteiger partial charge in [-0.1, -0.05) is 18.6 Å². The van der Waals surface area contributed by atoms with Gasteiger partial charge < -0.3 is 10.8 Å². The highest BCUT2D eigenvalue weighted by atomic mass is 32.1. The summed E-state index contributed by atoms with van der Waals surface area (Å²) < 4.78 is 0. The number of nitrogens with two attached hydrogens (primary N) is 1. The van der Waals surface area contributed by atoms with Gasteiger partial charge in [-0.05, 0) is 38.7 Å². The van der Waals surface area contributed by atoms with E-state index < -0.39 is 5.97 Å². The number of carboxylic acids is 1. The minimum Gasteiger partial charge on any atom is -0.478 e. The van der Waals surface area contributed by atoms with Gasteiger partial charge in [-0.25, -0.2) is 4.79 Å². The molecule has 4 heteroatoms. The molecule has 1 aromatic rings. The largest absolute Gasteiger partial charge is 0.478 e. The van der Waals surface area contributed by atoms with Gasteiger partial charge in [0.1, 0.15) is 5.00 Å². The minimum atomic E-state index is -0.943. The van der Waals surface area contributed by atoms with Crippen molar-refractivity contribution in [2.75, 3.05) is 5.73 Å². The van der Waals surface area contributed by atoms with Gasteiger partial charge in [-0.15, -0.1) is 11.3 Å². The van der Waals surface area contributed by atoms with E-state index in [2.05, 4.69) is 26.8 Å². The number of hydrogen-bond donors (Lipinski definition) is 2. The fourth-order valence-corrected chi connectivity index (χ4v) is 2.60. The van der Waals surface area contributed by atoms with E-state index in [9.17, 15) is 4.79 Å². The third-order valence-corrected chi connectivity index (χ3v) is 3.84. The highest BCUT2D eigenvalue weighted by Gasteiger charge is 2.16. The molecule has 1 heterocycles. The second-order valence-electron chi connectivity index (χ2n) is 4.49. The lowest BCUT2D eigenvalue weighted by molar-refractivity contribution is 0.0698. The van der Waals surface area contributed by atoms with Gasteiger partial charge in [0.05, 0.1) is 5.56 Å². The maximum atomic E-state index is 10.9. The molecule has 1 unspecified atom stereocenters. The molecule has 17 heavy (non-hydrogen) atoms. The number of nitrogen functional groups attached to an aromatic ring is 1. The molecule has 1 atom stereocenters. The smallest absolute Gasteiger partial charge is 0.338 e. The first-order chi connectivity index (χ1) is 7.91. The molecule has 0 amide bonds. The molecule has 0 saturated carbocycles. The third kappa shape index (κ3) is 3.89. The van der Waals surface area contributed by atoms with Crippen LogP contribution in [0.25, 0.3) is 0 Å². The van der Waals surface area contributed by atoms with Crippen molar-refractivity contribution < 1.29 is 9.90 Å². The number of hydrogen-bond acceptors (Lipinski definition) is 3. The van der Waals surface area contributed by atoms with Gasteiger partial charge >= 0.3 is 5.97 Å². The summed E-state index contributed by atoms with van der Waals surface area (Å²) >= 11 is 1.39. The number of aromatic carboxylic acids is 1. The van der Waals surface area contributed by atoms with Crippen LogP contribution in [0.2, 0.25) is 0 Å². The number of allylic oxidation sites excluding steroid dienone is 2. The summed E-state index contributed by atoms with van der Waals surface area (Å²) in [7, 11) is 0. The van der Waals surface area contributed by atoms with Gasteiger partial charge in [0, 0.05) is 4.88 Å². The summed E-state index contributed by atoms with van der Waals surface area (Å²) in [6, 6.07) is 1.70. The van der Waals surface area contributed by atoms with Crippen LogP contribution in [0, 0.1) is 0 Å². The standard InChI is InChI=1S/C13H19NO2S/c1-8(2)5-4-6-9(3)11-7-10(13(15)16)12(14)17-11/h5,7,9H,4,6,14H2,1-3H3,(H,15,16). The first-order valence-corrected chi connectivity index (χ1v) is 6.49. The number of anilines is 1. The number of carboxylic acid groups (broad SMARTS) is 1. The maximum Gasteiger partial charge on any atom is 0.338 e. The zero-order chi connectivity index (χ0) is 13.0. The molecule has 3 N–H and O–H groups in total. The highest BCUT2D eigenvalue weighted by molar-refractivity contribution is 7.16. The van der Waals surface area contributed by atoms with Crippen molar-refractivity contribution in [3.63, 3.8) is 0 Å². The van der Waals surface area contributed by atoms with Crippen LogP contribution in [0.1, 0.15) is 54.8 Å². The molecule has 0 saturated heterocycles. The zero-order valence-corrected chi connectivity index (χ0v) is 11.3. The predicted molar refractivity (Wildman–Crippen MR) is 72.8 cm³/mol. The summed E-state index contributed by atoms with van der Waals surface area (Å²) in [4.78, 5) is 11.9. The number of carbonyl (C=O) groups is 1. The predicted octanol–water partition coefficient (Wildman–Crippen LogP) is 3.88. The fraction of sp³-hybridized carbons (Fsp3) is 0.462. The van der Waals surface area contributed by atoms with Gasteiger partial charge in [-0.2, -0.15) is 0 Å². The molecular formula is C13H19NO2S. The molecule has 1 rings (SSSR count). The van der Waals surface area contributed by atoms with Crippen molar-refractivity contribution >= 4 is 22.3 Å². The van der Waals surface area contributed by atoms with E-state index in [1.165, 1.54) is 16.9 Å². The molecule has 0 aromatic carbocycles. The first-order valence-electron chi connectivity index (χ1n) is 5.67. The van der Waals surface area contributed by atoms with E-state index in [1.54, 1.807) is 6.07 Å². The Bertz CT molecular complexity index is 431. The van der Waals surface area contributed by atoms with Crippen LogP contribution in [-0.2, 0) is 0 Å². The monoisotopic (exact) mass is 253 g/mol. The van der Waals surface area contributed by atoms with Gasteiger partial charge in [0.15, 0.2) is 0 Å². The van der Waals surface area contributed by atoms with Crippen molar-refractivity contribution in [2.45, 2.75) is 39.5 Å². The average Bonchev–Trinajstić information content (AvgIpc) is 2.59. The summed E-state index contributed by atoms with van der Waals surface area (Å²) in [6.07, 6.45) is 4.24. The van der Waals surface area contributed by atoms with Crippen LogP contribution in [0.4, 0.5) is 5.00 Å². The van der Waals surface area contributed by atoms with Crippen LogP contribution in [0.5, 0.6) is 0 Å². The molecular weight excluding hydrogens is 234 g/mol. The average molecular weight is 253 g/mol. The van der Waals surface area contributed by atoms with Gasteiger partial charge in [0.25, 0.3) is 0 Å². The van der Waals surface area contributed by atoms with Crippen molar-refractivity contribution in [1.29, 1.82) is 0 Å². The topological polar surface area (TPSA) is 63.3 Å². The molecule has 1 aromatic heterocycles. The van der Waals surface area contributed by atoms with Crippen LogP contribution in [-0.4, -0.2) is 11.1 Å². The highest BCUT2D eigenvalue weighted by Crippen LogP contribution is 2.33. The van der Waals surface area contributed by atoms with E-state index in [0.29, 0.717) is 10.9 Å². The molecule has 0 radical (unpaired) electrons. The van der Waals surface area contributed by atoms with Crippen molar-refractivity contribution in [3.8, 4) is 0 Å². The number of rotatable bonds is 5. The van der Waals surface area contributed by atoms with Crippen molar-refractivity contribution in [1.82, 2.24) is 0 Å². The molecule has 0 aliphatic heterocycles. The lowest BCUT2D eigenvalue weighted by atomic mass is 10.0. The molecule has 0 bridgehead atoms. The first kappa shape index (κ1) is 13.8. The van der Waals surface area contributed by atoms with Gasteiger partial charge in [0.2, 0.25) is 0 Å². The molecule has 0 aliphatic rings.